The normalized spacial score (nSPS) is 13.5. The summed E-state index contributed by atoms with van der Waals surface area (Å²) in [6.45, 7) is 0.382. The summed E-state index contributed by atoms with van der Waals surface area (Å²) < 4.78 is 16.0. The lowest BCUT2D eigenvalue weighted by atomic mass is 10.1. The number of fused-ring (bicyclic) bond motifs is 2. The summed E-state index contributed by atoms with van der Waals surface area (Å²) in [6.07, 6.45) is -0.480. The average molecular weight is 367 g/mol. The molecule has 4 rings (SSSR count). The summed E-state index contributed by atoms with van der Waals surface area (Å²) in [7, 11) is 0. The molecule has 7 nitrogen and oxygen atoms in total. The van der Waals surface area contributed by atoms with Gasteiger partial charge in [-0.05, 0) is 36.2 Å². The van der Waals surface area contributed by atoms with E-state index in [0.29, 0.717) is 34.5 Å². The van der Waals surface area contributed by atoms with Gasteiger partial charge in [-0.15, -0.1) is 0 Å². The first-order valence-electron chi connectivity index (χ1n) is 8.50. The van der Waals surface area contributed by atoms with Crippen LogP contribution in [-0.2, 0) is 0 Å². The molecule has 0 fully saturated rings. The lowest BCUT2D eigenvalue weighted by Crippen LogP contribution is -2.26. The van der Waals surface area contributed by atoms with Crippen LogP contribution in [0.3, 0.4) is 0 Å². The zero-order chi connectivity index (χ0) is 18.8. The Balaban J connectivity index is 1.39. The molecule has 1 amide bonds. The van der Waals surface area contributed by atoms with E-state index in [2.05, 4.69) is 5.32 Å². The van der Waals surface area contributed by atoms with E-state index < -0.39 is 12.0 Å². The van der Waals surface area contributed by atoms with Crippen molar-refractivity contribution in [1.29, 1.82) is 0 Å². The Labute approximate surface area is 154 Å². The molecule has 0 radical (unpaired) electrons. The lowest BCUT2D eigenvalue weighted by molar-refractivity contribution is 0.0915. The van der Waals surface area contributed by atoms with E-state index in [1.165, 1.54) is 6.07 Å². The molecule has 1 aliphatic rings. The van der Waals surface area contributed by atoms with Gasteiger partial charge in [-0.3, -0.25) is 9.59 Å². The highest BCUT2D eigenvalue weighted by Crippen LogP contribution is 2.34. The lowest BCUT2D eigenvalue weighted by Gasteiger charge is -2.12. The number of aliphatic hydroxyl groups excluding tert-OH is 1. The van der Waals surface area contributed by atoms with Gasteiger partial charge < -0.3 is 24.3 Å². The van der Waals surface area contributed by atoms with Gasteiger partial charge in [-0.1, -0.05) is 18.2 Å². The van der Waals surface area contributed by atoms with Gasteiger partial charge in [0.2, 0.25) is 6.79 Å². The van der Waals surface area contributed by atoms with Crippen molar-refractivity contribution in [2.75, 3.05) is 13.3 Å². The molecule has 2 N–H and O–H groups in total. The molecule has 0 spiro atoms. The predicted molar refractivity (Wildman–Crippen MR) is 97.0 cm³/mol. The molecule has 27 heavy (non-hydrogen) atoms. The van der Waals surface area contributed by atoms with Crippen LogP contribution in [0.5, 0.6) is 11.5 Å². The standard InChI is InChI=1S/C20H17NO6/c22-14(12-5-6-17-18(9-12)26-11-25-17)7-8-21-20(24)19-10-15(23)13-3-1-2-4-16(13)27-19/h1-6,9-10,14,22H,7-8,11H2,(H,21,24). The molecule has 2 heterocycles. The SMILES string of the molecule is O=C(NCCC(O)c1ccc2c(c1)OCO2)c1cc(=O)c2ccccc2o1. The van der Waals surface area contributed by atoms with Crippen LogP contribution >= 0.6 is 0 Å². The topological polar surface area (TPSA) is 98.0 Å². The smallest absolute Gasteiger partial charge is 0.287 e. The second-order valence-corrected chi connectivity index (χ2v) is 6.14. The number of para-hydroxylation sites is 1. The number of carbonyl (C=O) groups is 1. The minimum absolute atomic E-state index is 0.0590. The fraction of sp³-hybridized carbons (Fsp3) is 0.200. The van der Waals surface area contributed by atoms with Gasteiger partial charge in [0.1, 0.15) is 5.58 Å². The minimum atomic E-state index is -0.775. The molecular formula is C20H17NO6. The number of benzene rings is 2. The predicted octanol–water partition coefficient (Wildman–Crippen LogP) is 2.38. The quantitative estimate of drug-likeness (QED) is 0.718. The maximum Gasteiger partial charge on any atom is 0.287 e. The first-order valence-corrected chi connectivity index (χ1v) is 8.50. The van der Waals surface area contributed by atoms with Crippen LogP contribution in [0.1, 0.15) is 28.6 Å². The van der Waals surface area contributed by atoms with Crippen molar-refractivity contribution in [1.82, 2.24) is 5.32 Å². The monoisotopic (exact) mass is 367 g/mol. The maximum atomic E-state index is 12.3. The number of hydrogen-bond donors (Lipinski definition) is 2. The summed E-state index contributed by atoms with van der Waals surface area (Å²) >= 11 is 0. The third-order valence-electron chi connectivity index (χ3n) is 4.34. The van der Waals surface area contributed by atoms with E-state index in [9.17, 15) is 14.7 Å². The van der Waals surface area contributed by atoms with Crippen molar-refractivity contribution in [2.45, 2.75) is 12.5 Å². The molecule has 2 aromatic carbocycles. The zero-order valence-electron chi connectivity index (χ0n) is 14.3. The number of hydrogen-bond acceptors (Lipinski definition) is 6. The van der Waals surface area contributed by atoms with Gasteiger partial charge in [-0.25, -0.2) is 0 Å². The first-order chi connectivity index (χ1) is 13.1. The highest BCUT2D eigenvalue weighted by molar-refractivity contribution is 5.93. The van der Waals surface area contributed by atoms with E-state index in [-0.39, 0.29) is 24.5 Å². The largest absolute Gasteiger partial charge is 0.454 e. The van der Waals surface area contributed by atoms with Gasteiger partial charge in [0, 0.05) is 12.6 Å². The average Bonchev–Trinajstić information content (AvgIpc) is 3.15. The third-order valence-corrected chi connectivity index (χ3v) is 4.34. The highest BCUT2D eigenvalue weighted by Gasteiger charge is 2.17. The van der Waals surface area contributed by atoms with Gasteiger partial charge in [0.25, 0.3) is 5.91 Å². The molecule has 1 atom stereocenters. The Morgan fingerprint density at radius 2 is 1.93 bits per heavy atom. The van der Waals surface area contributed by atoms with Crippen LogP contribution in [0.4, 0.5) is 0 Å². The molecule has 1 unspecified atom stereocenters. The summed E-state index contributed by atoms with van der Waals surface area (Å²) in [5.41, 5.74) is 0.753. The van der Waals surface area contributed by atoms with E-state index in [1.807, 2.05) is 0 Å². The van der Waals surface area contributed by atoms with Crippen LogP contribution in [0.15, 0.2) is 57.7 Å². The Morgan fingerprint density at radius 1 is 1.11 bits per heavy atom. The number of carbonyl (C=O) groups excluding carboxylic acids is 1. The third kappa shape index (κ3) is 3.50. The molecule has 0 saturated carbocycles. The fourth-order valence-corrected chi connectivity index (χ4v) is 2.91. The molecule has 7 heteroatoms. The number of aliphatic hydroxyl groups is 1. The molecule has 138 valence electrons. The molecule has 1 aromatic heterocycles. The van der Waals surface area contributed by atoms with Crippen LogP contribution in [0.25, 0.3) is 11.0 Å². The molecule has 0 bridgehead atoms. The van der Waals surface area contributed by atoms with Crippen LogP contribution in [-0.4, -0.2) is 24.4 Å². The summed E-state index contributed by atoms with van der Waals surface area (Å²) in [4.78, 5) is 24.3. The Bertz CT molecular complexity index is 1060. The Hall–Kier alpha value is -3.32. The summed E-state index contributed by atoms with van der Waals surface area (Å²) in [5, 5.41) is 13.4. The van der Waals surface area contributed by atoms with Gasteiger partial charge in [0.05, 0.1) is 11.5 Å². The number of rotatable bonds is 5. The van der Waals surface area contributed by atoms with Crippen LogP contribution in [0.2, 0.25) is 0 Å². The molecular weight excluding hydrogens is 350 g/mol. The van der Waals surface area contributed by atoms with Gasteiger partial charge >= 0.3 is 0 Å². The van der Waals surface area contributed by atoms with Crippen molar-refractivity contribution in [2.24, 2.45) is 0 Å². The number of ether oxygens (including phenoxy) is 2. The van der Waals surface area contributed by atoms with E-state index in [4.69, 9.17) is 13.9 Å². The Morgan fingerprint density at radius 3 is 2.81 bits per heavy atom. The van der Waals surface area contributed by atoms with Crippen molar-refractivity contribution in [3.8, 4) is 11.5 Å². The van der Waals surface area contributed by atoms with Crippen molar-refractivity contribution in [3.05, 3.63) is 70.1 Å². The van der Waals surface area contributed by atoms with E-state index in [0.717, 1.165) is 0 Å². The fourth-order valence-electron chi connectivity index (χ4n) is 2.91. The summed E-state index contributed by atoms with van der Waals surface area (Å²) in [5.74, 6) is 0.672. The maximum absolute atomic E-state index is 12.3. The Kier molecular flexibility index (Phi) is 4.52. The number of nitrogens with one attached hydrogen (secondary N) is 1. The van der Waals surface area contributed by atoms with E-state index >= 15 is 0 Å². The zero-order valence-corrected chi connectivity index (χ0v) is 14.3. The van der Waals surface area contributed by atoms with Crippen molar-refractivity contribution < 1.29 is 23.8 Å². The number of amides is 1. The second kappa shape index (κ2) is 7.13. The second-order valence-electron chi connectivity index (χ2n) is 6.14. The van der Waals surface area contributed by atoms with Crippen LogP contribution < -0.4 is 20.2 Å². The van der Waals surface area contributed by atoms with Crippen molar-refractivity contribution in [3.63, 3.8) is 0 Å². The summed E-state index contributed by atoms with van der Waals surface area (Å²) in [6, 6.07) is 13.1. The molecule has 3 aromatic rings. The van der Waals surface area contributed by atoms with E-state index in [1.54, 1.807) is 42.5 Å². The van der Waals surface area contributed by atoms with Crippen LogP contribution in [0, 0.1) is 0 Å². The molecule has 0 aliphatic carbocycles. The highest BCUT2D eigenvalue weighted by atomic mass is 16.7. The van der Waals surface area contributed by atoms with Crippen molar-refractivity contribution >= 4 is 16.9 Å². The van der Waals surface area contributed by atoms with Gasteiger partial charge in [0.15, 0.2) is 22.7 Å². The molecule has 0 saturated heterocycles. The first kappa shape index (κ1) is 17.1. The minimum Gasteiger partial charge on any atom is -0.454 e. The van der Waals surface area contributed by atoms with Gasteiger partial charge in [-0.2, -0.15) is 0 Å². The molecule has 1 aliphatic heterocycles.